The Hall–Kier alpha value is -1.14. The maximum absolute atomic E-state index is 12.5. The van der Waals surface area contributed by atoms with E-state index in [-0.39, 0.29) is 30.7 Å². The lowest BCUT2D eigenvalue weighted by Crippen LogP contribution is -2.47. The van der Waals surface area contributed by atoms with Gasteiger partial charge in [0.1, 0.15) is 6.04 Å². The molecule has 4 atom stereocenters. The van der Waals surface area contributed by atoms with Crippen LogP contribution < -0.4 is 5.73 Å². The molecule has 108 valence electrons. The lowest BCUT2D eigenvalue weighted by atomic mass is 9.78. The van der Waals surface area contributed by atoms with Crippen molar-refractivity contribution in [3.05, 3.63) is 0 Å². The summed E-state index contributed by atoms with van der Waals surface area (Å²) in [5.41, 5.74) is 5.72. The van der Waals surface area contributed by atoms with Crippen molar-refractivity contribution in [3.8, 4) is 0 Å². The summed E-state index contributed by atoms with van der Waals surface area (Å²) < 4.78 is 0. The number of aliphatic hydroxyl groups is 1. The number of nitrogens with zero attached hydrogens (tertiary/aromatic N) is 1. The Morgan fingerprint density at radius 2 is 1.95 bits per heavy atom. The van der Waals surface area contributed by atoms with Crippen LogP contribution in [0.2, 0.25) is 0 Å². The zero-order valence-electron chi connectivity index (χ0n) is 11.0. The van der Waals surface area contributed by atoms with Crippen LogP contribution in [0.1, 0.15) is 32.1 Å². The molecule has 6 nitrogen and oxygen atoms in total. The van der Waals surface area contributed by atoms with E-state index in [0.717, 1.165) is 25.7 Å². The lowest BCUT2D eigenvalue weighted by Gasteiger charge is -2.34. The van der Waals surface area contributed by atoms with Gasteiger partial charge in [-0.15, -0.1) is 0 Å². The number of likely N-dealkylation sites (tertiary alicyclic amines) is 1. The molecule has 1 heterocycles. The van der Waals surface area contributed by atoms with Gasteiger partial charge >= 0.3 is 5.97 Å². The molecule has 1 saturated heterocycles. The summed E-state index contributed by atoms with van der Waals surface area (Å²) in [5, 5.41) is 18.7. The fourth-order valence-corrected chi connectivity index (χ4v) is 3.32. The molecule has 2 fully saturated rings. The molecule has 0 radical (unpaired) electrons. The SMILES string of the molecule is NCC1CCCCC1C(=O)N1C[C@H](O)C[C@@H]1C(=O)O. The second-order valence-corrected chi connectivity index (χ2v) is 5.62. The van der Waals surface area contributed by atoms with Gasteiger partial charge < -0.3 is 20.8 Å². The number of rotatable bonds is 3. The van der Waals surface area contributed by atoms with Crippen LogP contribution in [-0.4, -0.2) is 52.2 Å². The average Bonchev–Trinajstić information content (AvgIpc) is 2.80. The van der Waals surface area contributed by atoms with Crippen molar-refractivity contribution in [2.75, 3.05) is 13.1 Å². The fourth-order valence-electron chi connectivity index (χ4n) is 3.32. The monoisotopic (exact) mass is 270 g/mol. The predicted molar refractivity (Wildman–Crippen MR) is 68.3 cm³/mol. The minimum absolute atomic E-state index is 0.126. The quantitative estimate of drug-likeness (QED) is 0.658. The standard InChI is InChI=1S/C13H22N2O4/c14-6-8-3-1-2-4-10(8)12(17)15-7-9(16)5-11(15)13(18)19/h8-11,16H,1-7,14H2,(H,18,19)/t8?,9-,10?,11-/m1/s1. The first-order valence-corrected chi connectivity index (χ1v) is 6.96. The molecule has 1 saturated carbocycles. The zero-order chi connectivity index (χ0) is 14.0. The first-order valence-electron chi connectivity index (χ1n) is 6.96. The molecule has 19 heavy (non-hydrogen) atoms. The van der Waals surface area contributed by atoms with E-state index in [1.165, 1.54) is 4.90 Å². The summed E-state index contributed by atoms with van der Waals surface area (Å²) in [7, 11) is 0. The summed E-state index contributed by atoms with van der Waals surface area (Å²) in [6, 6.07) is -0.886. The van der Waals surface area contributed by atoms with Crippen molar-refractivity contribution < 1.29 is 19.8 Å². The molecule has 0 bridgehead atoms. The summed E-state index contributed by atoms with van der Waals surface area (Å²) in [6.45, 7) is 0.591. The van der Waals surface area contributed by atoms with Crippen molar-refractivity contribution in [1.82, 2.24) is 4.90 Å². The van der Waals surface area contributed by atoms with Gasteiger partial charge in [-0.2, -0.15) is 0 Å². The molecule has 1 amide bonds. The molecule has 2 aliphatic rings. The third-order valence-electron chi connectivity index (χ3n) is 4.38. The van der Waals surface area contributed by atoms with Gasteiger partial charge in [0.15, 0.2) is 0 Å². The summed E-state index contributed by atoms with van der Waals surface area (Å²) in [4.78, 5) is 25.0. The number of amides is 1. The Balaban J connectivity index is 2.11. The molecule has 0 aromatic rings. The van der Waals surface area contributed by atoms with E-state index < -0.39 is 18.1 Å². The number of aliphatic carboxylic acids is 1. The normalized spacial score (nSPS) is 35.4. The second kappa shape index (κ2) is 5.88. The highest BCUT2D eigenvalue weighted by molar-refractivity contribution is 5.86. The first-order chi connectivity index (χ1) is 9.04. The van der Waals surface area contributed by atoms with E-state index in [0.29, 0.717) is 6.54 Å². The van der Waals surface area contributed by atoms with E-state index in [2.05, 4.69) is 0 Å². The van der Waals surface area contributed by atoms with E-state index in [1.807, 2.05) is 0 Å². The van der Waals surface area contributed by atoms with Crippen LogP contribution in [0.25, 0.3) is 0 Å². The number of carbonyl (C=O) groups is 2. The second-order valence-electron chi connectivity index (χ2n) is 5.62. The van der Waals surface area contributed by atoms with E-state index in [4.69, 9.17) is 10.8 Å². The van der Waals surface area contributed by atoms with Crippen molar-refractivity contribution >= 4 is 11.9 Å². The van der Waals surface area contributed by atoms with Gasteiger partial charge in [-0.1, -0.05) is 12.8 Å². The Morgan fingerprint density at radius 3 is 2.58 bits per heavy atom. The third-order valence-corrected chi connectivity index (χ3v) is 4.38. The van der Waals surface area contributed by atoms with Crippen molar-refractivity contribution in [1.29, 1.82) is 0 Å². The Bertz CT molecular complexity index is 361. The highest BCUT2D eigenvalue weighted by Crippen LogP contribution is 2.33. The number of carboxylic acids is 1. The number of carboxylic acid groups (broad SMARTS) is 1. The maximum atomic E-state index is 12.5. The van der Waals surface area contributed by atoms with E-state index in [1.54, 1.807) is 0 Å². The van der Waals surface area contributed by atoms with Crippen LogP contribution in [0, 0.1) is 11.8 Å². The Labute approximate surface area is 112 Å². The first kappa shape index (κ1) is 14.3. The highest BCUT2D eigenvalue weighted by atomic mass is 16.4. The maximum Gasteiger partial charge on any atom is 0.326 e. The fraction of sp³-hybridized carbons (Fsp3) is 0.846. The van der Waals surface area contributed by atoms with Crippen LogP contribution in [0.5, 0.6) is 0 Å². The molecule has 4 N–H and O–H groups in total. The molecule has 6 heteroatoms. The molecule has 1 aliphatic heterocycles. The molecule has 2 unspecified atom stereocenters. The Kier molecular flexibility index (Phi) is 4.42. The number of hydrogen-bond acceptors (Lipinski definition) is 4. The summed E-state index contributed by atoms with van der Waals surface area (Å²) in [6.07, 6.45) is 3.17. The smallest absolute Gasteiger partial charge is 0.326 e. The third kappa shape index (κ3) is 2.90. The van der Waals surface area contributed by atoms with E-state index in [9.17, 15) is 14.7 Å². The molecule has 2 rings (SSSR count). The zero-order valence-corrected chi connectivity index (χ0v) is 11.0. The molecule has 0 aromatic heterocycles. The van der Waals surface area contributed by atoms with Gasteiger partial charge in [-0.25, -0.2) is 4.79 Å². The van der Waals surface area contributed by atoms with Gasteiger partial charge in [0, 0.05) is 18.9 Å². The van der Waals surface area contributed by atoms with Crippen LogP contribution in [0.3, 0.4) is 0 Å². The van der Waals surface area contributed by atoms with E-state index >= 15 is 0 Å². The number of β-amino-alcohol motifs (C(OH)–C–C–N with tert-alkyl or cyclic N) is 1. The van der Waals surface area contributed by atoms with Crippen LogP contribution in [0.4, 0.5) is 0 Å². The molecular weight excluding hydrogens is 248 g/mol. The van der Waals surface area contributed by atoms with Crippen molar-refractivity contribution in [3.63, 3.8) is 0 Å². The van der Waals surface area contributed by atoms with Gasteiger partial charge in [0.05, 0.1) is 6.10 Å². The minimum Gasteiger partial charge on any atom is -0.480 e. The Morgan fingerprint density at radius 1 is 1.26 bits per heavy atom. The topological polar surface area (TPSA) is 104 Å². The summed E-state index contributed by atoms with van der Waals surface area (Å²) >= 11 is 0. The largest absolute Gasteiger partial charge is 0.480 e. The molecule has 1 aliphatic carbocycles. The molecule has 0 aromatic carbocycles. The summed E-state index contributed by atoms with van der Waals surface area (Å²) in [5.74, 6) is -1.21. The average molecular weight is 270 g/mol. The number of carbonyl (C=O) groups excluding carboxylic acids is 1. The van der Waals surface area contributed by atoms with Crippen LogP contribution >= 0.6 is 0 Å². The predicted octanol–water partition coefficient (Wildman–Crippen LogP) is -0.202. The van der Waals surface area contributed by atoms with Gasteiger partial charge in [0.2, 0.25) is 5.91 Å². The lowest BCUT2D eigenvalue weighted by molar-refractivity contribution is -0.151. The van der Waals surface area contributed by atoms with Gasteiger partial charge in [0.25, 0.3) is 0 Å². The number of nitrogens with two attached hydrogens (primary N) is 1. The molecule has 0 spiro atoms. The van der Waals surface area contributed by atoms with Gasteiger partial charge in [-0.3, -0.25) is 4.79 Å². The van der Waals surface area contributed by atoms with Crippen molar-refractivity contribution in [2.24, 2.45) is 17.6 Å². The minimum atomic E-state index is -1.04. The number of hydrogen-bond donors (Lipinski definition) is 3. The number of aliphatic hydroxyl groups excluding tert-OH is 1. The molecular formula is C13H22N2O4. The highest BCUT2D eigenvalue weighted by Gasteiger charge is 2.43. The van der Waals surface area contributed by atoms with Gasteiger partial charge in [-0.05, 0) is 25.3 Å². The van der Waals surface area contributed by atoms with Crippen LogP contribution in [0.15, 0.2) is 0 Å². The van der Waals surface area contributed by atoms with Crippen molar-refractivity contribution in [2.45, 2.75) is 44.2 Å². The van der Waals surface area contributed by atoms with Crippen LogP contribution in [-0.2, 0) is 9.59 Å².